The third-order valence-corrected chi connectivity index (χ3v) is 4.22. The molecule has 3 aromatic rings. The van der Waals surface area contributed by atoms with Gasteiger partial charge in [-0.05, 0) is 43.3 Å². The molecule has 1 aromatic heterocycles. The highest BCUT2D eigenvalue weighted by atomic mass is 32.2. The van der Waals surface area contributed by atoms with Gasteiger partial charge < -0.3 is 10.1 Å². The SMILES string of the molecule is CCOc1ccc(NC(=O)CSc2n[nH]c(-c3ccccc3F)n2)cc1. The van der Waals surface area contributed by atoms with E-state index in [-0.39, 0.29) is 17.5 Å². The summed E-state index contributed by atoms with van der Waals surface area (Å²) < 4.78 is 19.1. The van der Waals surface area contributed by atoms with Gasteiger partial charge in [-0.3, -0.25) is 9.89 Å². The number of benzene rings is 2. The molecule has 0 radical (unpaired) electrons. The molecule has 0 aliphatic rings. The Morgan fingerprint density at radius 2 is 2.00 bits per heavy atom. The standard InChI is InChI=1S/C18H17FN4O2S/c1-2-25-13-9-7-12(8-10-13)20-16(24)11-26-18-21-17(22-23-18)14-5-3-4-6-15(14)19/h3-10H,2,11H2,1H3,(H,20,24)(H,21,22,23). The molecule has 0 aliphatic carbocycles. The average Bonchev–Trinajstić information content (AvgIpc) is 3.11. The summed E-state index contributed by atoms with van der Waals surface area (Å²) >= 11 is 1.17. The Bertz CT molecular complexity index is 883. The topological polar surface area (TPSA) is 79.9 Å². The summed E-state index contributed by atoms with van der Waals surface area (Å²) in [6, 6.07) is 13.4. The van der Waals surface area contributed by atoms with Crippen molar-refractivity contribution in [3.8, 4) is 17.1 Å². The van der Waals surface area contributed by atoms with Crippen LogP contribution in [0.1, 0.15) is 6.92 Å². The van der Waals surface area contributed by atoms with Crippen LogP contribution in [0.2, 0.25) is 0 Å². The number of amides is 1. The first-order chi connectivity index (χ1) is 12.7. The number of nitrogens with one attached hydrogen (secondary N) is 2. The third kappa shape index (κ3) is 4.60. The van der Waals surface area contributed by atoms with E-state index in [0.29, 0.717) is 28.8 Å². The summed E-state index contributed by atoms with van der Waals surface area (Å²) in [7, 11) is 0. The summed E-state index contributed by atoms with van der Waals surface area (Å²) in [5.41, 5.74) is 1.02. The number of carbonyl (C=O) groups excluding carboxylic acids is 1. The number of thioether (sulfide) groups is 1. The molecule has 0 saturated heterocycles. The predicted octanol–water partition coefficient (Wildman–Crippen LogP) is 3.74. The van der Waals surface area contributed by atoms with Gasteiger partial charge in [0.2, 0.25) is 11.1 Å². The van der Waals surface area contributed by atoms with Gasteiger partial charge in [-0.25, -0.2) is 9.37 Å². The molecule has 3 rings (SSSR count). The van der Waals surface area contributed by atoms with Crippen LogP contribution in [0, 0.1) is 5.82 Å². The molecule has 134 valence electrons. The molecule has 1 heterocycles. The maximum absolute atomic E-state index is 13.8. The smallest absolute Gasteiger partial charge is 0.234 e. The maximum atomic E-state index is 13.8. The van der Waals surface area contributed by atoms with Gasteiger partial charge in [-0.1, -0.05) is 23.9 Å². The van der Waals surface area contributed by atoms with E-state index in [1.165, 1.54) is 17.8 Å². The molecule has 0 fully saturated rings. The number of H-pyrrole nitrogens is 1. The summed E-state index contributed by atoms with van der Waals surface area (Å²) in [5, 5.41) is 9.86. The first-order valence-corrected chi connectivity index (χ1v) is 8.97. The number of nitrogens with zero attached hydrogens (tertiary/aromatic N) is 2. The van der Waals surface area contributed by atoms with Crippen LogP contribution < -0.4 is 10.1 Å². The normalized spacial score (nSPS) is 10.5. The molecule has 1 amide bonds. The van der Waals surface area contributed by atoms with Gasteiger partial charge in [-0.2, -0.15) is 0 Å². The van der Waals surface area contributed by atoms with Crippen LogP contribution in [0.4, 0.5) is 10.1 Å². The Morgan fingerprint density at radius 1 is 1.23 bits per heavy atom. The van der Waals surface area contributed by atoms with E-state index in [1.807, 2.05) is 6.92 Å². The molecule has 0 aliphatic heterocycles. The fourth-order valence-corrected chi connectivity index (χ4v) is 2.81. The first kappa shape index (κ1) is 17.9. The van der Waals surface area contributed by atoms with Crippen LogP contribution in [0.3, 0.4) is 0 Å². The van der Waals surface area contributed by atoms with E-state index in [2.05, 4.69) is 20.5 Å². The second-order valence-electron chi connectivity index (χ2n) is 5.24. The van der Waals surface area contributed by atoms with Crippen molar-refractivity contribution >= 4 is 23.4 Å². The molecule has 0 saturated carbocycles. The van der Waals surface area contributed by atoms with Gasteiger partial charge in [-0.15, -0.1) is 5.10 Å². The molecular weight excluding hydrogens is 355 g/mol. The lowest BCUT2D eigenvalue weighted by molar-refractivity contribution is -0.113. The monoisotopic (exact) mass is 372 g/mol. The number of aromatic nitrogens is 3. The van der Waals surface area contributed by atoms with Gasteiger partial charge >= 0.3 is 0 Å². The number of hydrogen-bond acceptors (Lipinski definition) is 5. The second-order valence-corrected chi connectivity index (χ2v) is 6.18. The van der Waals surface area contributed by atoms with Crippen molar-refractivity contribution in [3.63, 3.8) is 0 Å². The minimum Gasteiger partial charge on any atom is -0.494 e. The molecule has 0 atom stereocenters. The summed E-state index contributed by atoms with van der Waals surface area (Å²) in [5.74, 6) is 0.658. The van der Waals surface area contributed by atoms with E-state index in [9.17, 15) is 9.18 Å². The minimum atomic E-state index is -0.381. The molecular formula is C18H17FN4O2S. The van der Waals surface area contributed by atoms with Crippen molar-refractivity contribution < 1.29 is 13.9 Å². The van der Waals surface area contributed by atoms with Crippen molar-refractivity contribution in [2.45, 2.75) is 12.1 Å². The lowest BCUT2D eigenvalue weighted by Crippen LogP contribution is -2.14. The molecule has 0 bridgehead atoms. The quantitative estimate of drug-likeness (QED) is 0.618. The lowest BCUT2D eigenvalue weighted by Gasteiger charge is -2.06. The first-order valence-electron chi connectivity index (χ1n) is 7.98. The van der Waals surface area contributed by atoms with Gasteiger partial charge in [0.25, 0.3) is 0 Å². The van der Waals surface area contributed by atoms with Crippen LogP contribution in [-0.2, 0) is 4.79 Å². The number of hydrogen-bond donors (Lipinski definition) is 2. The Balaban J connectivity index is 1.54. The van der Waals surface area contributed by atoms with Crippen molar-refractivity contribution in [2.75, 3.05) is 17.7 Å². The second kappa shape index (κ2) is 8.48. The number of ether oxygens (including phenoxy) is 1. The van der Waals surface area contributed by atoms with Crippen molar-refractivity contribution in [2.24, 2.45) is 0 Å². The molecule has 2 N–H and O–H groups in total. The molecule has 0 unspecified atom stereocenters. The molecule has 0 spiro atoms. The summed E-state index contributed by atoms with van der Waals surface area (Å²) in [4.78, 5) is 16.3. The van der Waals surface area contributed by atoms with Gasteiger partial charge in [0.1, 0.15) is 11.6 Å². The van der Waals surface area contributed by atoms with Crippen LogP contribution >= 0.6 is 11.8 Å². The molecule has 2 aromatic carbocycles. The zero-order chi connectivity index (χ0) is 18.4. The Morgan fingerprint density at radius 3 is 2.73 bits per heavy atom. The maximum Gasteiger partial charge on any atom is 0.234 e. The fourth-order valence-electron chi connectivity index (χ4n) is 2.21. The van der Waals surface area contributed by atoms with Crippen molar-refractivity contribution in [3.05, 3.63) is 54.3 Å². The average molecular weight is 372 g/mol. The number of anilines is 1. The Kier molecular flexibility index (Phi) is 5.85. The van der Waals surface area contributed by atoms with E-state index in [4.69, 9.17) is 4.74 Å². The molecule has 6 nitrogen and oxygen atoms in total. The van der Waals surface area contributed by atoms with E-state index >= 15 is 0 Å². The number of rotatable bonds is 7. The van der Waals surface area contributed by atoms with E-state index < -0.39 is 0 Å². The summed E-state index contributed by atoms with van der Waals surface area (Å²) in [6.45, 7) is 2.50. The molecule has 8 heteroatoms. The Hall–Kier alpha value is -2.87. The summed E-state index contributed by atoms with van der Waals surface area (Å²) in [6.07, 6.45) is 0. The van der Waals surface area contributed by atoms with Crippen LogP contribution in [0.5, 0.6) is 5.75 Å². The van der Waals surface area contributed by atoms with E-state index in [1.54, 1.807) is 42.5 Å². The Labute approximate surface area is 154 Å². The molecule has 26 heavy (non-hydrogen) atoms. The third-order valence-electron chi connectivity index (χ3n) is 3.38. The minimum absolute atomic E-state index is 0.141. The van der Waals surface area contributed by atoms with E-state index in [0.717, 1.165) is 5.75 Å². The highest BCUT2D eigenvalue weighted by molar-refractivity contribution is 7.99. The van der Waals surface area contributed by atoms with Crippen molar-refractivity contribution in [1.29, 1.82) is 0 Å². The number of aromatic amines is 1. The highest BCUT2D eigenvalue weighted by Crippen LogP contribution is 2.22. The van der Waals surface area contributed by atoms with Crippen LogP contribution in [0.25, 0.3) is 11.4 Å². The highest BCUT2D eigenvalue weighted by Gasteiger charge is 2.11. The number of halogens is 1. The van der Waals surface area contributed by atoms with Crippen molar-refractivity contribution in [1.82, 2.24) is 15.2 Å². The lowest BCUT2D eigenvalue weighted by atomic mass is 10.2. The number of carbonyl (C=O) groups is 1. The fraction of sp³-hybridized carbons (Fsp3) is 0.167. The van der Waals surface area contributed by atoms with Crippen LogP contribution in [0.15, 0.2) is 53.7 Å². The predicted molar refractivity (Wildman–Crippen MR) is 98.7 cm³/mol. The van der Waals surface area contributed by atoms with Gasteiger partial charge in [0, 0.05) is 5.69 Å². The van der Waals surface area contributed by atoms with Gasteiger partial charge in [0.05, 0.1) is 17.9 Å². The van der Waals surface area contributed by atoms with Crippen LogP contribution in [-0.4, -0.2) is 33.4 Å². The zero-order valence-corrected chi connectivity index (χ0v) is 14.8. The zero-order valence-electron chi connectivity index (χ0n) is 14.0. The largest absolute Gasteiger partial charge is 0.494 e. The van der Waals surface area contributed by atoms with Gasteiger partial charge in [0.15, 0.2) is 5.82 Å².